The molecule has 17 heavy (non-hydrogen) atoms. The first-order chi connectivity index (χ1) is 8.18. The normalized spacial score (nSPS) is 18.3. The van der Waals surface area contributed by atoms with Crippen LogP contribution in [0.4, 0.5) is 0 Å². The van der Waals surface area contributed by atoms with Gasteiger partial charge >= 0.3 is 0 Å². The van der Waals surface area contributed by atoms with Crippen molar-refractivity contribution >= 4 is 11.7 Å². The van der Waals surface area contributed by atoms with Crippen molar-refractivity contribution in [3.05, 3.63) is 35.4 Å². The molecule has 0 spiro atoms. The number of hydrogen-bond donors (Lipinski definition) is 1. The Morgan fingerprint density at radius 2 is 2.12 bits per heavy atom. The fourth-order valence-electron chi connectivity index (χ4n) is 2.36. The highest BCUT2D eigenvalue weighted by Gasteiger charge is 2.25. The van der Waals surface area contributed by atoms with Gasteiger partial charge in [-0.3, -0.25) is 9.59 Å². The lowest BCUT2D eigenvalue weighted by atomic mass is 9.82. The average Bonchev–Trinajstić information content (AvgIpc) is 2.35. The van der Waals surface area contributed by atoms with E-state index in [9.17, 15) is 9.59 Å². The molecule has 3 nitrogen and oxygen atoms in total. The summed E-state index contributed by atoms with van der Waals surface area (Å²) in [7, 11) is 0. The van der Waals surface area contributed by atoms with Gasteiger partial charge in [0.2, 0.25) is 5.91 Å². The molecule has 3 heteroatoms. The van der Waals surface area contributed by atoms with Gasteiger partial charge in [0.25, 0.3) is 0 Å². The topological polar surface area (TPSA) is 46.2 Å². The van der Waals surface area contributed by atoms with Crippen LogP contribution in [0.2, 0.25) is 0 Å². The summed E-state index contributed by atoms with van der Waals surface area (Å²) in [4.78, 5) is 22.9. The highest BCUT2D eigenvalue weighted by molar-refractivity contribution is 5.88. The molecule has 1 aliphatic rings. The van der Waals surface area contributed by atoms with Crippen LogP contribution >= 0.6 is 0 Å². The van der Waals surface area contributed by atoms with Gasteiger partial charge < -0.3 is 5.32 Å². The lowest BCUT2D eigenvalue weighted by Gasteiger charge is -2.24. The first kappa shape index (κ1) is 11.8. The van der Waals surface area contributed by atoms with Crippen LogP contribution in [0.15, 0.2) is 24.3 Å². The van der Waals surface area contributed by atoms with E-state index in [0.717, 1.165) is 24.8 Å². The molecule has 1 N–H and O–H groups in total. The van der Waals surface area contributed by atoms with Crippen molar-refractivity contribution in [1.29, 1.82) is 0 Å². The molecule has 2 rings (SSSR count). The Morgan fingerprint density at radius 1 is 1.35 bits per heavy atom. The lowest BCUT2D eigenvalue weighted by Crippen LogP contribution is -2.34. The van der Waals surface area contributed by atoms with E-state index in [1.807, 2.05) is 18.2 Å². The lowest BCUT2D eigenvalue weighted by molar-refractivity contribution is -0.125. The predicted molar refractivity (Wildman–Crippen MR) is 65.8 cm³/mol. The van der Waals surface area contributed by atoms with Gasteiger partial charge in [-0.25, -0.2) is 0 Å². The number of carbonyl (C=O) groups is 2. The second kappa shape index (κ2) is 5.13. The first-order valence-electron chi connectivity index (χ1n) is 6.03. The Kier molecular flexibility index (Phi) is 3.57. The summed E-state index contributed by atoms with van der Waals surface area (Å²) in [6, 6.07) is 8.08. The highest BCUT2D eigenvalue weighted by Crippen LogP contribution is 2.31. The number of nitrogens with one attached hydrogen (secondary N) is 1. The molecule has 1 aromatic carbocycles. The van der Waals surface area contributed by atoms with Crippen molar-refractivity contribution in [3.63, 3.8) is 0 Å². The fourth-order valence-corrected chi connectivity index (χ4v) is 2.36. The van der Waals surface area contributed by atoms with Crippen molar-refractivity contribution in [2.45, 2.75) is 32.1 Å². The fraction of sp³-hybridized carbons (Fsp3) is 0.429. The van der Waals surface area contributed by atoms with Crippen LogP contribution in [0.3, 0.4) is 0 Å². The minimum absolute atomic E-state index is 0.0116. The van der Waals surface area contributed by atoms with Crippen LogP contribution in [0.1, 0.15) is 36.8 Å². The van der Waals surface area contributed by atoms with Gasteiger partial charge in [0.1, 0.15) is 5.78 Å². The minimum Gasteiger partial charge on any atom is -0.349 e. The van der Waals surface area contributed by atoms with Crippen LogP contribution in [0.25, 0.3) is 0 Å². The van der Waals surface area contributed by atoms with Gasteiger partial charge in [0, 0.05) is 0 Å². The van der Waals surface area contributed by atoms with Gasteiger partial charge in [-0.1, -0.05) is 24.3 Å². The molecule has 1 aromatic rings. The summed E-state index contributed by atoms with van der Waals surface area (Å²) in [5, 5.41) is 2.70. The van der Waals surface area contributed by atoms with Crippen molar-refractivity contribution < 1.29 is 9.59 Å². The van der Waals surface area contributed by atoms with E-state index in [-0.39, 0.29) is 24.2 Å². The molecule has 1 amide bonds. The van der Waals surface area contributed by atoms with E-state index < -0.39 is 0 Å². The summed E-state index contributed by atoms with van der Waals surface area (Å²) in [6.07, 6.45) is 2.96. The molecule has 0 bridgehead atoms. The molecular formula is C14H17NO2. The molecule has 1 unspecified atom stereocenters. The maximum Gasteiger partial charge on any atom is 0.227 e. The smallest absolute Gasteiger partial charge is 0.227 e. The Hall–Kier alpha value is -1.64. The number of Topliss-reactive ketones (excluding diaryl/α,β-unsaturated/α-hetero) is 1. The molecule has 1 atom stereocenters. The van der Waals surface area contributed by atoms with Crippen molar-refractivity contribution in [2.75, 3.05) is 6.54 Å². The van der Waals surface area contributed by atoms with E-state index >= 15 is 0 Å². The number of fused-ring (bicyclic) bond motifs is 1. The van der Waals surface area contributed by atoms with Crippen LogP contribution in [-0.4, -0.2) is 18.2 Å². The maximum atomic E-state index is 12.0. The second-order valence-corrected chi connectivity index (χ2v) is 4.56. The van der Waals surface area contributed by atoms with Crippen molar-refractivity contribution in [3.8, 4) is 0 Å². The zero-order valence-corrected chi connectivity index (χ0v) is 10.0. The maximum absolute atomic E-state index is 12.0. The zero-order valence-electron chi connectivity index (χ0n) is 10.0. The molecular weight excluding hydrogens is 214 g/mol. The van der Waals surface area contributed by atoms with E-state index in [0.29, 0.717) is 0 Å². The van der Waals surface area contributed by atoms with Gasteiger partial charge in [-0.15, -0.1) is 0 Å². The zero-order chi connectivity index (χ0) is 12.3. The monoisotopic (exact) mass is 231 g/mol. The van der Waals surface area contributed by atoms with E-state index in [4.69, 9.17) is 0 Å². The number of amides is 1. The Bertz CT molecular complexity index is 440. The number of benzene rings is 1. The van der Waals surface area contributed by atoms with Gasteiger partial charge in [0.15, 0.2) is 0 Å². The third-order valence-electron chi connectivity index (χ3n) is 3.20. The number of carbonyl (C=O) groups excluding carboxylic acids is 2. The van der Waals surface area contributed by atoms with Crippen molar-refractivity contribution in [1.82, 2.24) is 5.32 Å². The summed E-state index contributed by atoms with van der Waals surface area (Å²) in [6.45, 7) is 1.62. The molecule has 0 aliphatic heterocycles. The summed E-state index contributed by atoms with van der Waals surface area (Å²) < 4.78 is 0. The Balaban J connectivity index is 2.12. The molecule has 0 aromatic heterocycles. The minimum atomic E-state index is -0.0840. The molecule has 1 aliphatic carbocycles. The third kappa shape index (κ3) is 2.73. The van der Waals surface area contributed by atoms with E-state index in [1.54, 1.807) is 0 Å². The van der Waals surface area contributed by atoms with Crippen LogP contribution in [0.5, 0.6) is 0 Å². The number of hydrogen-bond acceptors (Lipinski definition) is 2. The largest absolute Gasteiger partial charge is 0.349 e. The molecule has 0 fully saturated rings. The first-order valence-corrected chi connectivity index (χ1v) is 6.03. The van der Waals surface area contributed by atoms with Crippen LogP contribution in [-0.2, 0) is 16.0 Å². The third-order valence-corrected chi connectivity index (χ3v) is 3.20. The Labute approximate surface area is 101 Å². The van der Waals surface area contributed by atoms with Crippen molar-refractivity contribution in [2.24, 2.45) is 0 Å². The van der Waals surface area contributed by atoms with Gasteiger partial charge in [-0.05, 0) is 37.3 Å². The predicted octanol–water partition coefficient (Wildman–Crippen LogP) is 1.81. The van der Waals surface area contributed by atoms with Gasteiger partial charge in [0.05, 0.1) is 12.5 Å². The van der Waals surface area contributed by atoms with E-state index in [1.165, 1.54) is 12.5 Å². The van der Waals surface area contributed by atoms with Gasteiger partial charge in [-0.2, -0.15) is 0 Å². The summed E-state index contributed by atoms with van der Waals surface area (Å²) in [5.41, 5.74) is 2.39. The standard InChI is InChI=1S/C14H17NO2/c1-10(16)9-15-14(17)13-8-4-6-11-5-2-3-7-12(11)13/h2-3,5,7,13H,4,6,8-9H2,1H3,(H,15,17). The second-order valence-electron chi connectivity index (χ2n) is 4.56. The van der Waals surface area contributed by atoms with E-state index in [2.05, 4.69) is 11.4 Å². The molecule has 0 heterocycles. The average molecular weight is 231 g/mol. The number of rotatable bonds is 3. The SMILES string of the molecule is CC(=O)CNC(=O)C1CCCc2ccccc21. The summed E-state index contributed by atoms with van der Waals surface area (Å²) in [5.74, 6) is -0.117. The highest BCUT2D eigenvalue weighted by atomic mass is 16.2. The number of aryl methyl sites for hydroxylation is 1. The molecule has 90 valence electrons. The molecule has 0 radical (unpaired) electrons. The Morgan fingerprint density at radius 3 is 2.88 bits per heavy atom. The summed E-state index contributed by atoms with van der Waals surface area (Å²) >= 11 is 0. The molecule has 0 saturated heterocycles. The quantitative estimate of drug-likeness (QED) is 0.862. The number of ketones is 1. The van der Waals surface area contributed by atoms with Crippen LogP contribution in [0, 0.1) is 0 Å². The molecule has 0 saturated carbocycles. The van der Waals surface area contributed by atoms with Crippen LogP contribution < -0.4 is 5.32 Å².